The molecule has 1 aliphatic rings. The summed E-state index contributed by atoms with van der Waals surface area (Å²) in [6.45, 7) is 4.06. The number of ether oxygens (including phenoxy) is 3. The summed E-state index contributed by atoms with van der Waals surface area (Å²) in [7, 11) is 1.54. The summed E-state index contributed by atoms with van der Waals surface area (Å²) in [5, 5.41) is 5.42. The van der Waals surface area contributed by atoms with E-state index in [1.165, 1.54) is 0 Å². The van der Waals surface area contributed by atoms with Gasteiger partial charge >= 0.3 is 12.0 Å². The first-order valence-corrected chi connectivity index (χ1v) is 9.94. The van der Waals surface area contributed by atoms with Crippen LogP contribution < -0.4 is 20.1 Å². The molecule has 7 heteroatoms. The van der Waals surface area contributed by atoms with Crippen molar-refractivity contribution in [2.24, 2.45) is 0 Å². The Morgan fingerprint density at radius 1 is 1.13 bits per heavy atom. The number of benzene rings is 2. The van der Waals surface area contributed by atoms with E-state index in [9.17, 15) is 9.59 Å². The Bertz CT molecular complexity index is 998. The van der Waals surface area contributed by atoms with Gasteiger partial charge in [-0.15, -0.1) is 0 Å². The van der Waals surface area contributed by atoms with Crippen molar-refractivity contribution in [1.82, 2.24) is 10.6 Å². The monoisotopic (exact) mass is 422 g/mol. The van der Waals surface area contributed by atoms with Crippen LogP contribution in [0.2, 0.25) is 0 Å². The molecule has 2 aromatic rings. The van der Waals surface area contributed by atoms with Crippen LogP contribution in [0.4, 0.5) is 4.79 Å². The Morgan fingerprint density at radius 2 is 1.90 bits per heavy atom. The van der Waals surface area contributed by atoms with Gasteiger partial charge in [0, 0.05) is 5.70 Å². The zero-order valence-electron chi connectivity index (χ0n) is 17.8. The molecule has 1 heterocycles. The summed E-state index contributed by atoms with van der Waals surface area (Å²) in [5.41, 5.74) is 2.49. The summed E-state index contributed by atoms with van der Waals surface area (Å²) in [6, 6.07) is 14.0. The molecule has 1 aliphatic heterocycles. The van der Waals surface area contributed by atoms with Gasteiger partial charge in [0.2, 0.25) is 0 Å². The summed E-state index contributed by atoms with van der Waals surface area (Å²) < 4.78 is 16.7. The predicted molar refractivity (Wildman–Crippen MR) is 117 cm³/mol. The van der Waals surface area contributed by atoms with Crippen molar-refractivity contribution in [3.63, 3.8) is 0 Å². The molecule has 162 valence electrons. The third-order valence-electron chi connectivity index (χ3n) is 4.79. The number of hydrogen-bond donors (Lipinski definition) is 2. The standard InChI is InChI=1S/C24H26N2O5/c1-4-5-13-30-23(27)21-16(2)25-24(28)26-22(21)18-11-12-19(20(14-18)29-3)31-15-17-9-7-6-8-10-17/h4-12,14,22H,13,15H2,1-3H3,(H2,25,26,28). The minimum Gasteiger partial charge on any atom is -0.493 e. The molecule has 2 aromatic carbocycles. The van der Waals surface area contributed by atoms with Gasteiger partial charge in [-0.25, -0.2) is 9.59 Å². The van der Waals surface area contributed by atoms with Crippen molar-refractivity contribution in [3.8, 4) is 11.5 Å². The van der Waals surface area contributed by atoms with Gasteiger partial charge in [-0.3, -0.25) is 0 Å². The van der Waals surface area contributed by atoms with Crippen LogP contribution in [0.25, 0.3) is 0 Å². The van der Waals surface area contributed by atoms with Gasteiger partial charge < -0.3 is 24.8 Å². The Hall–Kier alpha value is -3.74. The van der Waals surface area contributed by atoms with E-state index >= 15 is 0 Å². The first kappa shape index (κ1) is 22.0. The molecule has 0 saturated heterocycles. The maximum absolute atomic E-state index is 12.7. The molecule has 31 heavy (non-hydrogen) atoms. The van der Waals surface area contributed by atoms with Crippen LogP contribution in [0.5, 0.6) is 11.5 Å². The van der Waals surface area contributed by atoms with Gasteiger partial charge in [0.15, 0.2) is 11.5 Å². The minimum atomic E-state index is -0.677. The van der Waals surface area contributed by atoms with E-state index < -0.39 is 18.0 Å². The van der Waals surface area contributed by atoms with Crippen LogP contribution in [-0.2, 0) is 16.1 Å². The molecule has 0 aliphatic carbocycles. The highest BCUT2D eigenvalue weighted by Crippen LogP contribution is 2.35. The fourth-order valence-electron chi connectivity index (χ4n) is 3.23. The normalized spacial score (nSPS) is 16.0. The number of carbonyl (C=O) groups is 2. The number of carbonyl (C=O) groups excluding carboxylic acids is 2. The summed E-state index contributed by atoms with van der Waals surface area (Å²) in [4.78, 5) is 24.8. The van der Waals surface area contributed by atoms with Crippen molar-refractivity contribution in [2.75, 3.05) is 13.7 Å². The molecule has 2 N–H and O–H groups in total. The highest BCUT2D eigenvalue weighted by Gasteiger charge is 2.32. The Labute approximate surface area is 181 Å². The van der Waals surface area contributed by atoms with Gasteiger partial charge in [0.05, 0.1) is 18.7 Å². The molecular formula is C24H26N2O5. The smallest absolute Gasteiger partial charge is 0.338 e. The van der Waals surface area contributed by atoms with Crippen LogP contribution in [-0.4, -0.2) is 25.7 Å². The van der Waals surface area contributed by atoms with E-state index in [1.54, 1.807) is 44.4 Å². The molecule has 1 atom stereocenters. The van der Waals surface area contributed by atoms with Crippen LogP contribution in [0.3, 0.4) is 0 Å². The van der Waals surface area contributed by atoms with Crippen LogP contribution >= 0.6 is 0 Å². The predicted octanol–water partition coefficient (Wildman–Crippen LogP) is 4.02. The summed E-state index contributed by atoms with van der Waals surface area (Å²) >= 11 is 0. The second kappa shape index (κ2) is 10.3. The highest BCUT2D eigenvalue weighted by atomic mass is 16.5. The first-order chi connectivity index (χ1) is 15.0. The van der Waals surface area contributed by atoms with E-state index in [0.29, 0.717) is 34.9 Å². The van der Waals surface area contributed by atoms with Gasteiger partial charge in [-0.2, -0.15) is 0 Å². The lowest BCUT2D eigenvalue weighted by atomic mass is 9.95. The Balaban J connectivity index is 1.85. The average Bonchev–Trinajstić information content (AvgIpc) is 2.77. The zero-order chi connectivity index (χ0) is 22.2. The summed E-state index contributed by atoms with van der Waals surface area (Å²) in [5.74, 6) is 0.560. The van der Waals surface area contributed by atoms with Crippen molar-refractivity contribution in [2.45, 2.75) is 26.5 Å². The maximum Gasteiger partial charge on any atom is 0.338 e. The largest absolute Gasteiger partial charge is 0.493 e. The molecular weight excluding hydrogens is 396 g/mol. The van der Waals surface area contributed by atoms with Crippen LogP contribution in [0.15, 0.2) is 72.0 Å². The third kappa shape index (κ3) is 5.45. The molecule has 3 rings (SSSR count). The van der Waals surface area contributed by atoms with Gasteiger partial charge in [-0.1, -0.05) is 48.6 Å². The quantitative estimate of drug-likeness (QED) is 0.496. The molecule has 0 bridgehead atoms. The second-order valence-corrected chi connectivity index (χ2v) is 6.92. The van der Waals surface area contributed by atoms with Crippen LogP contribution in [0, 0.1) is 0 Å². The number of allylic oxidation sites excluding steroid dienone is 2. The molecule has 0 saturated carbocycles. The lowest BCUT2D eigenvalue weighted by Crippen LogP contribution is -2.45. The molecule has 1 unspecified atom stereocenters. The number of urea groups is 1. The van der Waals surface area contributed by atoms with Gasteiger partial charge in [0.1, 0.15) is 13.2 Å². The van der Waals surface area contributed by atoms with E-state index in [-0.39, 0.29) is 6.61 Å². The molecule has 0 radical (unpaired) electrons. The number of hydrogen-bond acceptors (Lipinski definition) is 5. The summed E-state index contributed by atoms with van der Waals surface area (Å²) in [6.07, 6.45) is 3.53. The number of methoxy groups -OCH3 is 1. The zero-order valence-corrected chi connectivity index (χ0v) is 17.8. The average molecular weight is 422 g/mol. The minimum absolute atomic E-state index is 0.155. The second-order valence-electron chi connectivity index (χ2n) is 6.92. The maximum atomic E-state index is 12.7. The Morgan fingerprint density at radius 3 is 2.61 bits per heavy atom. The van der Waals surface area contributed by atoms with Gasteiger partial charge in [-0.05, 0) is 37.1 Å². The van der Waals surface area contributed by atoms with Crippen molar-refractivity contribution in [1.29, 1.82) is 0 Å². The number of amides is 2. The lowest BCUT2D eigenvalue weighted by Gasteiger charge is -2.28. The fourth-order valence-corrected chi connectivity index (χ4v) is 3.23. The van der Waals surface area contributed by atoms with E-state index in [2.05, 4.69) is 10.6 Å². The number of nitrogens with one attached hydrogen (secondary N) is 2. The highest BCUT2D eigenvalue weighted by molar-refractivity contribution is 5.95. The molecule has 0 spiro atoms. The fraction of sp³-hybridized carbons (Fsp3) is 0.250. The Kier molecular flexibility index (Phi) is 7.32. The van der Waals surface area contributed by atoms with E-state index in [4.69, 9.17) is 14.2 Å². The topological polar surface area (TPSA) is 85.9 Å². The van der Waals surface area contributed by atoms with Crippen molar-refractivity contribution >= 4 is 12.0 Å². The molecule has 0 fully saturated rings. The van der Waals surface area contributed by atoms with E-state index in [1.807, 2.05) is 37.3 Å². The number of esters is 1. The SMILES string of the molecule is CC=CCOC(=O)C1=C(C)NC(=O)NC1c1ccc(OCc2ccccc2)c(OC)c1. The first-order valence-electron chi connectivity index (χ1n) is 9.94. The van der Waals surface area contributed by atoms with E-state index in [0.717, 1.165) is 5.56 Å². The third-order valence-corrected chi connectivity index (χ3v) is 4.79. The van der Waals surface area contributed by atoms with Crippen LogP contribution in [0.1, 0.15) is 31.0 Å². The van der Waals surface area contributed by atoms with Crippen molar-refractivity contribution in [3.05, 3.63) is 83.1 Å². The molecule has 2 amide bonds. The van der Waals surface area contributed by atoms with Crippen molar-refractivity contribution < 1.29 is 23.8 Å². The number of rotatable bonds is 8. The lowest BCUT2D eigenvalue weighted by molar-refractivity contribution is -0.138. The van der Waals surface area contributed by atoms with Gasteiger partial charge in [0.25, 0.3) is 0 Å². The molecule has 7 nitrogen and oxygen atoms in total. The molecule has 0 aromatic heterocycles.